The number of aromatic amines is 1. The van der Waals surface area contributed by atoms with Gasteiger partial charge in [0.2, 0.25) is 5.95 Å². The van der Waals surface area contributed by atoms with Gasteiger partial charge in [0, 0.05) is 25.7 Å². The summed E-state index contributed by atoms with van der Waals surface area (Å²) in [7, 11) is 0. The van der Waals surface area contributed by atoms with Crippen molar-refractivity contribution in [3.05, 3.63) is 24.0 Å². The molecule has 4 nitrogen and oxygen atoms in total. The summed E-state index contributed by atoms with van der Waals surface area (Å²) in [5.74, 6) is 0.598. The number of aromatic nitrogens is 2. The molecule has 0 spiro atoms. The number of hydrogen-bond donors (Lipinski definition) is 2. The largest absolute Gasteiger partial charge is 0.340 e. The van der Waals surface area contributed by atoms with Crippen molar-refractivity contribution in [2.45, 2.75) is 13.0 Å². The van der Waals surface area contributed by atoms with Gasteiger partial charge in [-0.25, -0.2) is 9.37 Å². The van der Waals surface area contributed by atoms with Crippen LogP contribution in [0.1, 0.15) is 6.92 Å². The van der Waals surface area contributed by atoms with Crippen LogP contribution in [0, 0.1) is 5.82 Å². The quantitative estimate of drug-likeness (QED) is 0.786. The van der Waals surface area contributed by atoms with Crippen LogP contribution < -0.4 is 10.2 Å². The molecule has 2 heterocycles. The minimum Gasteiger partial charge on any atom is -0.340 e. The number of rotatable bonds is 1. The highest BCUT2D eigenvalue weighted by Gasteiger charge is 2.18. The van der Waals surface area contributed by atoms with Gasteiger partial charge >= 0.3 is 0 Å². The summed E-state index contributed by atoms with van der Waals surface area (Å²) in [6.45, 7) is 4.94. The average Bonchev–Trinajstić information content (AvgIpc) is 2.72. The van der Waals surface area contributed by atoms with E-state index in [9.17, 15) is 4.39 Å². The van der Waals surface area contributed by atoms with Crippen molar-refractivity contribution in [1.29, 1.82) is 0 Å². The molecule has 1 aromatic carbocycles. The zero-order valence-corrected chi connectivity index (χ0v) is 9.70. The topological polar surface area (TPSA) is 44.0 Å². The van der Waals surface area contributed by atoms with Gasteiger partial charge in [-0.3, -0.25) is 0 Å². The fourth-order valence-electron chi connectivity index (χ4n) is 2.24. The highest BCUT2D eigenvalue weighted by Crippen LogP contribution is 2.19. The van der Waals surface area contributed by atoms with E-state index in [0.29, 0.717) is 6.04 Å². The smallest absolute Gasteiger partial charge is 0.203 e. The Morgan fingerprint density at radius 3 is 3.18 bits per heavy atom. The van der Waals surface area contributed by atoms with Gasteiger partial charge in [-0.1, -0.05) is 0 Å². The molecule has 0 radical (unpaired) electrons. The minimum absolute atomic E-state index is 0.235. The highest BCUT2D eigenvalue weighted by atomic mass is 19.1. The van der Waals surface area contributed by atoms with Crippen molar-refractivity contribution in [1.82, 2.24) is 15.3 Å². The van der Waals surface area contributed by atoms with Crippen LogP contribution in [-0.4, -0.2) is 35.6 Å². The number of imidazole rings is 1. The van der Waals surface area contributed by atoms with Gasteiger partial charge in [0.15, 0.2) is 0 Å². The van der Waals surface area contributed by atoms with Crippen LogP contribution in [0.5, 0.6) is 0 Å². The van der Waals surface area contributed by atoms with Gasteiger partial charge in [0.1, 0.15) is 5.82 Å². The lowest BCUT2D eigenvalue weighted by Gasteiger charge is -2.31. The van der Waals surface area contributed by atoms with Crippen LogP contribution in [0.15, 0.2) is 18.2 Å². The zero-order chi connectivity index (χ0) is 11.8. The minimum atomic E-state index is -0.235. The van der Waals surface area contributed by atoms with Crippen LogP contribution >= 0.6 is 0 Å². The molecular weight excluding hydrogens is 219 g/mol. The molecule has 0 aliphatic carbocycles. The molecule has 1 unspecified atom stereocenters. The van der Waals surface area contributed by atoms with Gasteiger partial charge in [0.25, 0.3) is 0 Å². The van der Waals surface area contributed by atoms with Crippen LogP contribution in [0.25, 0.3) is 11.0 Å². The summed E-state index contributed by atoms with van der Waals surface area (Å²) in [5, 5.41) is 3.38. The molecule has 1 aliphatic heterocycles. The third kappa shape index (κ3) is 1.98. The Kier molecular flexibility index (Phi) is 2.48. The third-order valence-corrected chi connectivity index (χ3v) is 3.10. The summed E-state index contributed by atoms with van der Waals surface area (Å²) in [5.41, 5.74) is 1.57. The molecule has 1 fully saturated rings. The zero-order valence-electron chi connectivity index (χ0n) is 9.70. The first kappa shape index (κ1) is 10.5. The number of anilines is 1. The van der Waals surface area contributed by atoms with Gasteiger partial charge in [-0.05, 0) is 25.1 Å². The standard InChI is InChI=1S/C12H15FN4/c1-8-7-17(5-4-14-8)12-15-10-3-2-9(13)6-11(10)16-12/h2-3,6,8,14H,4-5,7H2,1H3,(H,15,16). The number of nitrogens with one attached hydrogen (secondary N) is 2. The Morgan fingerprint density at radius 2 is 2.35 bits per heavy atom. The monoisotopic (exact) mass is 234 g/mol. The van der Waals surface area contributed by atoms with E-state index in [1.54, 1.807) is 6.07 Å². The van der Waals surface area contributed by atoms with Gasteiger partial charge in [-0.15, -0.1) is 0 Å². The van der Waals surface area contributed by atoms with Crippen molar-refractivity contribution in [2.24, 2.45) is 0 Å². The number of piperazine rings is 1. The van der Waals surface area contributed by atoms with Crippen molar-refractivity contribution in [3.63, 3.8) is 0 Å². The number of nitrogens with zero attached hydrogens (tertiary/aromatic N) is 2. The van der Waals surface area contributed by atoms with Gasteiger partial charge in [0.05, 0.1) is 11.0 Å². The fourth-order valence-corrected chi connectivity index (χ4v) is 2.24. The molecule has 1 saturated heterocycles. The first-order valence-corrected chi connectivity index (χ1v) is 5.86. The lowest BCUT2D eigenvalue weighted by atomic mass is 10.2. The Morgan fingerprint density at radius 1 is 1.47 bits per heavy atom. The van der Waals surface area contributed by atoms with Gasteiger partial charge < -0.3 is 15.2 Å². The highest BCUT2D eigenvalue weighted by molar-refractivity contribution is 5.77. The number of benzene rings is 1. The maximum atomic E-state index is 13.1. The predicted octanol–water partition coefficient (Wildman–Crippen LogP) is 1.50. The second kappa shape index (κ2) is 4.00. The summed E-state index contributed by atoms with van der Waals surface area (Å²) in [6.07, 6.45) is 0. The van der Waals surface area contributed by atoms with Crippen LogP contribution in [0.3, 0.4) is 0 Å². The molecule has 90 valence electrons. The Hall–Kier alpha value is -1.62. The number of hydrogen-bond acceptors (Lipinski definition) is 3. The maximum Gasteiger partial charge on any atom is 0.203 e. The van der Waals surface area contributed by atoms with E-state index < -0.39 is 0 Å². The summed E-state index contributed by atoms with van der Waals surface area (Å²) < 4.78 is 13.1. The molecule has 0 bridgehead atoms. The summed E-state index contributed by atoms with van der Waals surface area (Å²) in [4.78, 5) is 9.86. The molecule has 3 rings (SSSR count). The van der Waals surface area contributed by atoms with Crippen molar-refractivity contribution in [2.75, 3.05) is 24.5 Å². The molecule has 2 N–H and O–H groups in total. The van der Waals surface area contributed by atoms with E-state index in [1.807, 2.05) is 0 Å². The van der Waals surface area contributed by atoms with E-state index in [2.05, 4.69) is 27.1 Å². The SMILES string of the molecule is CC1CN(c2nc3ccc(F)cc3[nH]2)CCN1. The van der Waals surface area contributed by atoms with Crippen molar-refractivity contribution < 1.29 is 4.39 Å². The molecule has 0 saturated carbocycles. The van der Waals surface area contributed by atoms with E-state index in [1.165, 1.54) is 12.1 Å². The van der Waals surface area contributed by atoms with E-state index in [4.69, 9.17) is 0 Å². The summed E-state index contributed by atoms with van der Waals surface area (Å²) >= 11 is 0. The summed E-state index contributed by atoms with van der Waals surface area (Å²) in [6, 6.07) is 5.08. The maximum absolute atomic E-state index is 13.1. The van der Waals surface area contributed by atoms with E-state index >= 15 is 0 Å². The molecular formula is C12H15FN4. The van der Waals surface area contributed by atoms with Crippen molar-refractivity contribution >= 4 is 17.0 Å². The normalized spacial score (nSPS) is 21.1. The van der Waals surface area contributed by atoms with Crippen LogP contribution in [-0.2, 0) is 0 Å². The van der Waals surface area contributed by atoms with E-state index in [-0.39, 0.29) is 5.82 Å². The Labute approximate surface area is 98.8 Å². The second-order valence-corrected chi connectivity index (χ2v) is 4.52. The molecule has 17 heavy (non-hydrogen) atoms. The molecule has 1 aromatic heterocycles. The molecule has 5 heteroatoms. The number of H-pyrrole nitrogens is 1. The molecule has 1 atom stereocenters. The predicted molar refractivity (Wildman–Crippen MR) is 65.7 cm³/mol. The molecule has 0 amide bonds. The number of halogens is 1. The number of fused-ring (bicyclic) bond motifs is 1. The Balaban J connectivity index is 1.94. The lowest BCUT2D eigenvalue weighted by Crippen LogP contribution is -2.49. The first-order chi connectivity index (χ1) is 8.22. The van der Waals surface area contributed by atoms with Crippen molar-refractivity contribution in [3.8, 4) is 0 Å². The third-order valence-electron chi connectivity index (χ3n) is 3.10. The fraction of sp³-hybridized carbons (Fsp3) is 0.417. The second-order valence-electron chi connectivity index (χ2n) is 4.52. The van der Waals surface area contributed by atoms with Crippen LogP contribution in [0.4, 0.5) is 10.3 Å². The van der Waals surface area contributed by atoms with E-state index in [0.717, 1.165) is 36.6 Å². The first-order valence-electron chi connectivity index (χ1n) is 5.86. The molecule has 2 aromatic rings. The molecule has 1 aliphatic rings. The van der Waals surface area contributed by atoms with Crippen LogP contribution in [0.2, 0.25) is 0 Å². The Bertz CT molecular complexity index is 536. The average molecular weight is 234 g/mol. The van der Waals surface area contributed by atoms with Gasteiger partial charge in [-0.2, -0.15) is 0 Å². The lowest BCUT2D eigenvalue weighted by molar-refractivity contribution is 0.480.